The molecule has 1 aromatic carbocycles. The summed E-state index contributed by atoms with van der Waals surface area (Å²) in [5.74, 6) is -3.30. The maximum atomic E-state index is 14.8. The van der Waals surface area contributed by atoms with Crippen molar-refractivity contribution < 1.29 is 33.8 Å². The topological polar surface area (TPSA) is 117 Å². The zero-order valence-electron chi connectivity index (χ0n) is 28.6. The van der Waals surface area contributed by atoms with Gasteiger partial charge < -0.3 is 29.3 Å². The highest BCUT2D eigenvalue weighted by atomic mass is 16.6. The Labute approximate surface area is 278 Å². The van der Waals surface area contributed by atoms with Crippen molar-refractivity contribution in [2.75, 3.05) is 20.2 Å². The number of cyclic esters (lactones) is 1. The third-order valence-corrected chi connectivity index (χ3v) is 10.5. The van der Waals surface area contributed by atoms with Gasteiger partial charge in [-0.25, -0.2) is 0 Å². The van der Waals surface area contributed by atoms with Gasteiger partial charge in [-0.3, -0.25) is 19.2 Å². The number of aliphatic hydroxyl groups excluding tert-OH is 1. The lowest BCUT2D eigenvalue weighted by atomic mass is 9.77. The molecule has 0 saturated carbocycles. The summed E-state index contributed by atoms with van der Waals surface area (Å²) in [5, 5.41) is 10.6. The second kappa shape index (κ2) is 14.3. The molecule has 10 nitrogen and oxygen atoms in total. The number of ether oxygens (including phenoxy) is 2. The van der Waals surface area contributed by atoms with Gasteiger partial charge in [0.05, 0.1) is 30.7 Å². The standard InChI is InChI=1S/C37H51N3O7/c1-7-14-24(4)39-20-13-19-37-31(34(43)40(33(37)35(39)44)27(22-41)21-23(2)3)30-28(47-37)17-11-12-18-29(42)38(6)25(5)32(46-36(30)45)26-15-9-8-10-16-26/h8-11,13,15-17,19,23-25,27-28,30-33,41H,7,12,14,18,20-22H2,1-6H3/b17-11-/t24?,25-,27-,28-,30+,31+,32+,33-,37+/m1/s1. The fraction of sp³-hybridized carbons (Fsp3) is 0.622. The van der Waals surface area contributed by atoms with E-state index in [2.05, 4.69) is 6.92 Å². The summed E-state index contributed by atoms with van der Waals surface area (Å²) in [5.41, 5.74) is -0.719. The number of benzene rings is 1. The van der Waals surface area contributed by atoms with Crippen molar-refractivity contribution in [3.05, 3.63) is 60.2 Å². The number of hydrogen-bond donors (Lipinski definition) is 1. The minimum atomic E-state index is -1.45. The Balaban J connectivity index is 1.64. The van der Waals surface area contributed by atoms with E-state index < -0.39 is 53.7 Å². The van der Waals surface area contributed by atoms with Crippen molar-refractivity contribution in [3.63, 3.8) is 0 Å². The second-order valence-electron chi connectivity index (χ2n) is 14.1. The minimum Gasteiger partial charge on any atom is -0.455 e. The number of amides is 3. The lowest BCUT2D eigenvalue weighted by molar-refractivity contribution is -0.164. The molecule has 256 valence electrons. The van der Waals surface area contributed by atoms with Crippen LogP contribution in [-0.2, 0) is 28.7 Å². The molecule has 1 N–H and O–H groups in total. The first-order valence-electron chi connectivity index (χ1n) is 17.2. The van der Waals surface area contributed by atoms with E-state index in [9.17, 15) is 24.3 Å². The fourth-order valence-corrected chi connectivity index (χ4v) is 8.03. The maximum Gasteiger partial charge on any atom is 0.313 e. The fourth-order valence-electron chi connectivity index (χ4n) is 8.03. The number of aliphatic hydroxyl groups is 1. The molecule has 4 heterocycles. The predicted octanol–water partition coefficient (Wildman–Crippen LogP) is 4.04. The Morgan fingerprint density at radius 3 is 2.43 bits per heavy atom. The van der Waals surface area contributed by atoms with E-state index in [4.69, 9.17) is 9.47 Å². The van der Waals surface area contributed by atoms with Crippen LogP contribution in [0.15, 0.2) is 54.6 Å². The molecule has 0 bridgehead atoms. The van der Waals surface area contributed by atoms with Crippen LogP contribution in [0.2, 0.25) is 0 Å². The van der Waals surface area contributed by atoms with E-state index >= 15 is 0 Å². The normalized spacial score (nSPS) is 33.4. The van der Waals surface area contributed by atoms with Crippen LogP contribution >= 0.6 is 0 Å². The van der Waals surface area contributed by atoms with E-state index in [1.807, 2.05) is 76.3 Å². The summed E-state index contributed by atoms with van der Waals surface area (Å²) < 4.78 is 13.2. The zero-order valence-corrected chi connectivity index (χ0v) is 28.6. The Kier molecular flexibility index (Phi) is 10.6. The summed E-state index contributed by atoms with van der Waals surface area (Å²) in [6.45, 7) is 9.98. The Bertz CT molecular complexity index is 1380. The van der Waals surface area contributed by atoms with Crippen LogP contribution in [0, 0.1) is 17.8 Å². The van der Waals surface area contributed by atoms with E-state index in [-0.39, 0.29) is 42.7 Å². The number of likely N-dealkylation sites (N-methyl/N-ethyl adjacent to an activating group) is 1. The molecule has 1 aromatic rings. The largest absolute Gasteiger partial charge is 0.455 e. The Morgan fingerprint density at radius 2 is 1.77 bits per heavy atom. The third-order valence-electron chi connectivity index (χ3n) is 10.5. The molecule has 0 aromatic heterocycles. The molecule has 3 amide bonds. The average Bonchev–Trinajstić information content (AvgIpc) is 3.44. The van der Waals surface area contributed by atoms with Gasteiger partial charge in [-0.05, 0) is 44.6 Å². The van der Waals surface area contributed by atoms with Crippen LogP contribution in [0.4, 0.5) is 0 Å². The lowest BCUT2D eigenvalue weighted by Crippen LogP contribution is -2.59. The summed E-state index contributed by atoms with van der Waals surface area (Å²) >= 11 is 0. The molecule has 0 radical (unpaired) electrons. The van der Waals surface area contributed by atoms with E-state index in [1.54, 1.807) is 22.9 Å². The van der Waals surface area contributed by atoms with Crippen LogP contribution in [0.1, 0.15) is 78.4 Å². The van der Waals surface area contributed by atoms with Gasteiger partial charge in [0.1, 0.15) is 23.7 Å². The number of likely N-dealkylation sites (tertiary alicyclic amines) is 1. The quantitative estimate of drug-likeness (QED) is 0.334. The van der Waals surface area contributed by atoms with Crippen LogP contribution in [-0.4, -0.2) is 99.6 Å². The first-order valence-corrected chi connectivity index (χ1v) is 17.2. The van der Waals surface area contributed by atoms with Gasteiger partial charge in [-0.2, -0.15) is 0 Å². The van der Waals surface area contributed by atoms with Crippen LogP contribution < -0.4 is 0 Å². The number of allylic oxidation sites excluding steroid dienone is 1. The third kappa shape index (κ3) is 6.38. The number of rotatable bonds is 8. The van der Waals surface area contributed by atoms with Crippen molar-refractivity contribution in [2.24, 2.45) is 17.8 Å². The summed E-state index contributed by atoms with van der Waals surface area (Å²) in [6, 6.07) is 7.03. The lowest BCUT2D eigenvalue weighted by Gasteiger charge is -2.40. The number of carbonyl (C=O) groups excluding carboxylic acids is 4. The molecule has 4 aliphatic heterocycles. The van der Waals surface area contributed by atoms with Gasteiger partial charge in [-0.15, -0.1) is 0 Å². The molecule has 9 atom stereocenters. The van der Waals surface area contributed by atoms with Crippen LogP contribution in [0.3, 0.4) is 0 Å². The SMILES string of the molecule is CCCC(C)N1CC=C[C@]23O[C@@H]4/C=C\CCC(=O)N(C)[C@H](C)[C@@H](c5ccccc5)OC(=O)[C@@H]4[C@H]2C(=O)N([C@@H](CO)CC(C)C)[C@@H]3C1=O. The highest BCUT2D eigenvalue weighted by Crippen LogP contribution is 2.54. The number of nitrogens with zero attached hydrogens (tertiary/aromatic N) is 3. The van der Waals surface area contributed by atoms with Crippen molar-refractivity contribution in [3.8, 4) is 0 Å². The van der Waals surface area contributed by atoms with Gasteiger partial charge >= 0.3 is 5.97 Å². The molecule has 0 aliphatic carbocycles. The summed E-state index contributed by atoms with van der Waals surface area (Å²) in [7, 11) is 1.71. The minimum absolute atomic E-state index is 0.0799. The molecule has 1 spiro atoms. The highest BCUT2D eigenvalue weighted by Gasteiger charge is 2.72. The first kappa shape index (κ1) is 34.8. The summed E-state index contributed by atoms with van der Waals surface area (Å²) in [6.07, 6.45) is 8.45. The molecule has 2 saturated heterocycles. The molecule has 5 rings (SSSR count). The zero-order chi connectivity index (χ0) is 34.0. The maximum absolute atomic E-state index is 14.8. The average molecular weight is 650 g/mol. The highest BCUT2D eigenvalue weighted by molar-refractivity contribution is 5.99. The number of fused-ring (bicyclic) bond motifs is 2. The van der Waals surface area contributed by atoms with Crippen molar-refractivity contribution >= 4 is 23.7 Å². The molecule has 4 aliphatic rings. The smallest absolute Gasteiger partial charge is 0.313 e. The number of carbonyl (C=O) groups is 4. The Hall–Kier alpha value is -3.50. The number of esters is 1. The van der Waals surface area contributed by atoms with Gasteiger partial charge in [0.25, 0.3) is 0 Å². The van der Waals surface area contributed by atoms with Crippen LogP contribution in [0.25, 0.3) is 0 Å². The van der Waals surface area contributed by atoms with E-state index in [0.29, 0.717) is 19.4 Å². The van der Waals surface area contributed by atoms with Gasteiger partial charge in [0.15, 0.2) is 0 Å². The molecule has 47 heavy (non-hydrogen) atoms. The van der Waals surface area contributed by atoms with E-state index in [1.165, 1.54) is 4.90 Å². The Morgan fingerprint density at radius 1 is 1.04 bits per heavy atom. The van der Waals surface area contributed by atoms with Gasteiger partial charge in [0, 0.05) is 26.1 Å². The van der Waals surface area contributed by atoms with Crippen molar-refractivity contribution in [1.29, 1.82) is 0 Å². The van der Waals surface area contributed by atoms with Gasteiger partial charge in [-0.1, -0.05) is 81.8 Å². The summed E-state index contributed by atoms with van der Waals surface area (Å²) in [4.78, 5) is 62.1. The van der Waals surface area contributed by atoms with E-state index in [0.717, 1.165) is 18.4 Å². The predicted molar refractivity (Wildman–Crippen MR) is 177 cm³/mol. The van der Waals surface area contributed by atoms with Crippen molar-refractivity contribution in [2.45, 2.75) is 109 Å². The van der Waals surface area contributed by atoms with Gasteiger partial charge in [0.2, 0.25) is 17.7 Å². The molecular weight excluding hydrogens is 598 g/mol. The first-order chi connectivity index (χ1) is 22.5. The number of hydrogen-bond acceptors (Lipinski definition) is 7. The molecule has 10 heteroatoms. The monoisotopic (exact) mass is 649 g/mol. The second-order valence-corrected chi connectivity index (χ2v) is 14.1. The molecule has 2 fully saturated rings. The van der Waals surface area contributed by atoms with Crippen molar-refractivity contribution in [1.82, 2.24) is 14.7 Å². The van der Waals surface area contributed by atoms with Crippen LogP contribution in [0.5, 0.6) is 0 Å². The molecule has 1 unspecified atom stereocenters. The molecular formula is C37H51N3O7.